The molecule has 4 atom stereocenters. The lowest BCUT2D eigenvalue weighted by Crippen LogP contribution is -2.56. The van der Waals surface area contributed by atoms with E-state index in [0.717, 1.165) is 32.0 Å². The van der Waals surface area contributed by atoms with Crippen LogP contribution in [0, 0.1) is 23.2 Å². The van der Waals surface area contributed by atoms with Gasteiger partial charge in [-0.1, -0.05) is 13.8 Å². The molecule has 1 heterocycles. The molecule has 0 aromatic carbocycles. The van der Waals surface area contributed by atoms with Crippen LogP contribution in [0.4, 0.5) is 0 Å². The quantitative estimate of drug-likeness (QED) is 0.752. The van der Waals surface area contributed by atoms with Crippen LogP contribution >= 0.6 is 0 Å². The first kappa shape index (κ1) is 13.8. The van der Waals surface area contributed by atoms with Gasteiger partial charge < -0.3 is 0 Å². The van der Waals surface area contributed by atoms with Gasteiger partial charge in [-0.25, -0.2) is 0 Å². The molecule has 0 N–H and O–H groups in total. The highest BCUT2D eigenvalue weighted by molar-refractivity contribution is 4.98. The first-order valence-electron chi connectivity index (χ1n) is 7.53. The van der Waals surface area contributed by atoms with Crippen molar-refractivity contribution in [2.75, 3.05) is 26.2 Å². The van der Waals surface area contributed by atoms with Gasteiger partial charge in [-0.3, -0.25) is 9.80 Å². The standard InChI is InChI=1S/C15H27N3/c1-4-17-7-8-18(11-13(17)3)15-9-12(2)5-6-14(15)10-16/h12-15H,4-9,11H2,1-3H3. The summed E-state index contributed by atoms with van der Waals surface area (Å²) in [5, 5.41) is 9.36. The summed E-state index contributed by atoms with van der Waals surface area (Å²) in [7, 11) is 0. The molecule has 18 heavy (non-hydrogen) atoms. The topological polar surface area (TPSA) is 30.3 Å². The fraction of sp³-hybridized carbons (Fsp3) is 0.933. The zero-order chi connectivity index (χ0) is 13.1. The maximum Gasteiger partial charge on any atom is 0.0672 e. The van der Waals surface area contributed by atoms with E-state index in [-0.39, 0.29) is 5.92 Å². The Labute approximate surface area is 112 Å². The number of rotatable bonds is 2. The summed E-state index contributed by atoms with van der Waals surface area (Å²) in [6, 6.07) is 3.71. The van der Waals surface area contributed by atoms with Gasteiger partial charge >= 0.3 is 0 Å². The van der Waals surface area contributed by atoms with Crippen molar-refractivity contribution in [3.05, 3.63) is 0 Å². The predicted octanol–water partition coefficient (Wildman–Crippen LogP) is 2.34. The Morgan fingerprint density at radius 3 is 2.61 bits per heavy atom. The Morgan fingerprint density at radius 1 is 1.22 bits per heavy atom. The van der Waals surface area contributed by atoms with Crippen molar-refractivity contribution >= 4 is 0 Å². The van der Waals surface area contributed by atoms with Crippen molar-refractivity contribution in [1.29, 1.82) is 5.26 Å². The van der Waals surface area contributed by atoms with Gasteiger partial charge in [0.05, 0.1) is 12.0 Å². The van der Waals surface area contributed by atoms with Crippen LogP contribution < -0.4 is 0 Å². The van der Waals surface area contributed by atoms with E-state index >= 15 is 0 Å². The number of hydrogen-bond donors (Lipinski definition) is 0. The second kappa shape index (κ2) is 6.04. The Morgan fingerprint density at radius 2 is 2.00 bits per heavy atom. The van der Waals surface area contributed by atoms with Crippen molar-refractivity contribution < 1.29 is 0 Å². The zero-order valence-electron chi connectivity index (χ0n) is 12.1. The molecular formula is C15H27N3. The summed E-state index contributed by atoms with van der Waals surface area (Å²) < 4.78 is 0. The van der Waals surface area contributed by atoms with Crippen LogP contribution in [0.1, 0.15) is 40.0 Å². The summed E-state index contributed by atoms with van der Waals surface area (Å²) in [4.78, 5) is 5.14. The van der Waals surface area contributed by atoms with E-state index in [1.54, 1.807) is 0 Å². The molecule has 102 valence electrons. The van der Waals surface area contributed by atoms with Crippen LogP contribution in [-0.4, -0.2) is 48.1 Å². The second-order valence-corrected chi connectivity index (χ2v) is 6.19. The molecule has 0 bridgehead atoms. The number of likely N-dealkylation sites (N-methyl/N-ethyl adjacent to an activating group) is 1. The third-order valence-electron chi connectivity index (χ3n) is 4.92. The molecule has 1 saturated heterocycles. The highest BCUT2D eigenvalue weighted by atomic mass is 15.3. The minimum absolute atomic E-state index is 0.265. The second-order valence-electron chi connectivity index (χ2n) is 6.19. The van der Waals surface area contributed by atoms with Gasteiger partial charge in [-0.15, -0.1) is 0 Å². The average molecular weight is 249 g/mol. The van der Waals surface area contributed by atoms with E-state index in [2.05, 4.69) is 36.6 Å². The summed E-state index contributed by atoms with van der Waals surface area (Å²) >= 11 is 0. The lowest BCUT2D eigenvalue weighted by Gasteiger charge is -2.46. The highest BCUT2D eigenvalue weighted by Gasteiger charge is 2.35. The maximum absolute atomic E-state index is 9.36. The number of nitrogens with zero attached hydrogens (tertiary/aromatic N) is 3. The fourth-order valence-corrected chi connectivity index (χ4v) is 3.70. The predicted molar refractivity (Wildman–Crippen MR) is 74.2 cm³/mol. The molecule has 4 unspecified atom stereocenters. The van der Waals surface area contributed by atoms with Gasteiger partial charge in [0.15, 0.2) is 0 Å². The Kier molecular flexibility index (Phi) is 4.64. The Balaban J connectivity index is 2.00. The van der Waals surface area contributed by atoms with Crippen LogP contribution in [0.5, 0.6) is 0 Å². The van der Waals surface area contributed by atoms with E-state index in [1.807, 2.05) is 0 Å². The molecule has 0 radical (unpaired) electrons. The van der Waals surface area contributed by atoms with Gasteiger partial charge in [-0.2, -0.15) is 5.26 Å². The van der Waals surface area contributed by atoms with Gasteiger partial charge in [-0.05, 0) is 38.6 Å². The molecule has 0 amide bonds. The molecule has 0 aromatic heterocycles. The van der Waals surface area contributed by atoms with E-state index in [4.69, 9.17) is 0 Å². The molecule has 1 aliphatic carbocycles. The normalized spacial score (nSPS) is 39.4. The molecule has 2 aliphatic rings. The van der Waals surface area contributed by atoms with Crippen molar-refractivity contribution in [2.24, 2.45) is 11.8 Å². The van der Waals surface area contributed by atoms with Crippen LogP contribution in [0.2, 0.25) is 0 Å². The van der Waals surface area contributed by atoms with Crippen molar-refractivity contribution in [1.82, 2.24) is 9.80 Å². The van der Waals surface area contributed by atoms with E-state index in [1.165, 1.54) is 19.4 Å². The molecule has 3 heteroatoms. The first-order valence-corrected chi connectivity index (χ1v) is 7.53. The highest BCUT2D eigenvalue weighted by Crippen LogP contribution is 2.32. The minimum Gasteiger partial charge on any atom is -0.298 e. The molecule has 2 rings (SSSR count). The third-order valence-corrected chi connectivity index (χ3v) is 4.92. The van der Waals surface area contributed by atoms with Crippen LogP contribution in [0.15, 0.2) is 0 Å². The largest absolute Gasteiger partial charge is 0.298 e. The summed E-state index contributed by atoms with van der Waals surface area (Å²) in [6.07, 6.45) is 3.56. The monoisotopic (exact) mass is 249 g/mol. The molecule has 1 saturated carbocycles. The molecule has 2 fully saturated rings. The van der Waals surface area contributed by atoms with Gasteiger partial charge in [0.25, 0.3) is 0 Å². The summed E-state index contributed by atoms with van der Waals surface area (Å²) in [5.41, 5.74) is 0. The SMILES string of the molecule is CCN1CCN(C2CC(C)CCC2C#N)CC1C. The molecular weight excluding hydrogens is 222 g/mol. The first-order chi connectivity index (χ1) is 8.65. The average Bonchev–Trinajstić information content (AvgIpc) is 2.38. The summed E-state index contributed by atoms with van der Waals surface area (Å²) in [5.74, 6) is 1.06. The van der Waals surface area contributed by atoms with Gasteiger partial charge in [0.1, 0.15) is 0 Å². The van der Waals surface area contributed by atoms with Crippen molar-refractivity contribution in [3.8, 4) is 6.07 Å². The number of nitriles is 1. The maximum atomic E-state index is 9.36. The fourth-order valence-electron chi connectivity index (χ4n) is 3.70. The van der Waals surface area contributed by atoms with Crippen molar-refractivity contribution in [3.63, 3.8) is 0 Å². The Hall–Kier alpha value is -0.590. The number of hydrogen-bond acceptors (Lipinski definition) is 3. The van der Waals surface area contributed by atoms with E-state index < -0.39 is 0 Å². The Bertz CT molecular complexity index is 309. The molecule has 1 aliphatic heterocycles. The zero-order valence-corrected chi connectivity index (χ0v) is 12.1. The van der Waals surface area contributed by atoms with Gasteiger partial charge in [0, 0.05) is 31.7 Å². The van der Waals surface area contributed by atoms with Crippen LogP contribution in [-0.2, 0) is 0 Å². The van der Waals surface area contributed by atoms with E-state index in [9.17, 15) is 5.26 Å². The lowest BCUT2D eigenvalue weighted by atomic mass is 9.78. The van der Waals surface area contributed by atoms with E-state index in [0.29, 0.717) is 12.1 Å². The third kappa shape index (κ3) is 2.87. The molecule has 0 spiro atoms. The smallest absolute Gasteiger partial charge is 0.0672 e. The van der Waals surface area contributed by atoms with Crippen molar-refractivity contribution in [2.45, 2.75) is 52.1 Å². The van der Waals surface area contributed by atoms with Crippen LogP contribution in [0.25, 0.3) is 0 Å². The summed E-state index contributed by atoms with van der Waals surface area (Å²) in [6.45, 7) is 11.5. The molecule has 0 aromatic rings. The molecule has 3 nitrogen and oxygen atoms in total. The van der Waals surface area contributed by atoms with Gasteiger partial charge in [0.2, 0.25) is 0 Å². The van der Waals surface area contributed by atoms with Crippen LogP contribution in [0.3, 0.4) is 0 Å². The minimum atomic E-state index is 0.265. The number of piperazine rings is 1. The lowest BCUT2D eigenvalue weighted by molar-refractivity contribution is 0.0256.